The fourth-order valence-electron chi connectivity index (χ4n) is 9.06. The van der Waals surface area contributed by atoms with Crippen molar-refractivity contribution in [2.45, 2.75) is 26.2 Å². The van der Waals surface area contributed by atoms with Crippen molar-refractivity contribution in [3.8, 4) is 39.1 Å². The van der Waals surface area contributed by atoms with Crippen molar-refractivity contribution in [2.75, 3.05) is 11.5 Å². The number of allylic oxidation sites excluding steroid dienone is 2. The van der Waals surface area contributed by atoms with Gasteiger partial charge in [-0.3, -0.25) is 0 Å². The zero-order chi connectivity index (χ0) is 42.5. The normalized spacial score (nSPS) is 13.5. The maximum Gasteiger partial charge on any atom is 0.127 e. The smallest absolute Gasteiger partial charge is 0.127 e. The van der Waals surface area contributed by atoms with E-state index in [1.54, 1.807) is 0 Å². The largest absolute Gasteiger partial charge is 0.488 e. The Kier molecular flexibility index (Phi) is 11.1. The standard InChI is InChI=1S/C61H49NO/c1-43-15-6-8-24-56(43)59-41-51(29-30-52(59)40-45-17-13-22-50(39-45)46-18-4-3-5-19-46)47-31-35-54(36-32-47)62(60-27-14-21-49-20-7-9-26-58(49)60)55-37-33-48(34-38-55)53-23-12-16-44(2)57-25-10-11-28-61(57)63-42-53/h3-11,13-15,17-39,41H,2,12,16,40,42H2,1H3/b53-23+. The van der Waals surface area contributed by atoms with E-state index in [1.165, 1.54) is 66.4 Å². The van der Waals surface area contributed by atoms with Crippen LogP contribution in [0.3, 0.4) is 0 Å². The fraction of sp³-hybridized carbons (Fsp3) is 0.0820. The van der Waals surface area contributed by atoms with Crippen LogP contribution in [0.2, 0.25) is 0 Å². The highest BCUT2D eigenvalue weighted by Crippen LogP contribution is 2.41. The van der Waals surface area contributed by atoms with Crippen LogP contribution in [-0.4, -0.2) is 6.61 Å². The Balaban J connectivity index is 0.991. The summed E-state index contributed by atoms with van der Waals surface area (Å²) in [4.78, 5) is 2.38. The number of fused-ring (bicyclic) bond motifs is 2. The van der Waals surface area contributed by atoms with Crippen LogP contribution in [0.5, 0.6) is 5.75 Å². The Morgan fingerprint density at radius 1 is 0.508 bits per heavy atom. The average Bonchev–Trinajstić information content (AvgIpc) is 3.42. The van der Waals surface area contributed by atoms with E-state index in [1.807, 2.05) is 12.1 Å². The molecule has 0 aromatic heterocycles. The molecule has 0 unspecified atom stereocenters. The molecule has 1 aliphatic rings. The van der Waals surface area contributed by atoms with Crippen molar-refractivity contribution in [3.05, 3.63) is 253 Å². The number of anilines is 3. The van der Waals surface area contributed by atoms with E-state index in [0.29, 0.717) is 6.61 Å². The summed E-state index contributed by atoms with van der Waals surface area (Å²) in [5, 5.41) is 2.41. The van der Waals surface area contributed by atoms with Gasteiger partial charge in [-0.2, -0.15) is 0 Å². The van der Waals surface area contributed by atoms with E-state index in [0.717, 1.165) is 58.8 Å². The molecule has 0 saturated carbocycles. The molecule has 0 bridgehead atoms. The van der Waals surface area contributed by atoms with Gasteiger partial charge < -0.3 is 9.64 Å². The van der Waals surface area contributed by atoms with Gasteiger partial charge in [0, 0.05) is 22.3 Å². The fourth-order valence-corrected chi connectivity index (χ4v) is 9.06. The summed E-state index contributed by atoms with van der Waals surface area (Å²) in [6.45, 7) is 7.08. The van der Waals surface area contributed by atoms with E-state index in [-0.39, 0.29) is 0 Å². The third-order valence-electron chi connectivity index (χ3n) is 12.4. The number of para-hydroxylation sites is 1. The number of ether oxygens (including phenoxy) is 1. The first-order valence-electron chi connectivity index (χ1n) is 22.0. The lowest BCUT2D eigenvalue weighted by molar-refractivity contribution is 0.369. The highest BCUT2D eigenvalue weighted by Gasteiger charge is 2.18. The molecule has 0 radical (unpaired) electrons. The van der Waals surface area contributed by atoms with Gasteiger partial charge in [0.15, 0.2) is 0 Å². The lowest BCUT2D eigenvalue weighted by atomic mass is 9.89. The van der Waals surface area contributed by atoms with Gasteiger partial charge in [-0.05, 0) is 141 Å². The van der Waals surface area contributed by atoms with Crippen LogP contribution >= 0.6 is 0 Å². The van der Waals surface area contributed by atoms with Crippen LogP contribution < -0.4 is 9.64 Å². The molecular weight excluding hydrogens is 763 g/mol. The zero-order valence-electron chi connectivity index (χ0n) is 35.7. The first-order valence-corrected chi connectivity index (χ1v) is 22.0. The Morgan fingerprint density at radius 2 is 1.13 bits per heavy atom. The molecule has 10 rings (SSSR count). The topological polar surface area (TPSA) is 12.5 Å². The Bertz CT molecular complexity index is 3100. The molecule has 2 nitrogen and oxygen atoms in total. The maximum absolute atomic E-state index is 6.41. The average molecular weight is 812 g/mol. The van der Waals surface area contributed by atoms with Gasteiger partial charge in [0.1, 0.15) is 12.4 Å². The molecule has 1 heterocycles. The molecule has 0 N–H and O–H groups in total. The highest BCUT2D eigenvalue weighted by molar-refractivity contribution is 5.99. The van der Waals surface area contributed by atoms with Gasteiger partial charge in [0.2, 0.25) is 0 Å². The monoisotopic (exact) mass is 811 g/mol. The van der Waals surface area contributed by atoms with Crippen molar-refractivity contribution >= 4 is 39.0 Å². The van der Waals surface area contributed by atoms with Crippen molar-refractivity contribution < 1.29 is 4.74 Å². The van der Waals surface area contributed by atoms with E-state index < -0.39 is 0 Å². The molecule has 0 atom stereocenters. The van der Waals surface area contributed by atoms with Crippen LogP contribution in [0.25, 0.3) is 55.3 Å². The van der Waals surface area contributed by atoms with Gasteiger partial charge in [0.25, 0.3) is 0 Å². The molecule has 0 aliphatic carbocycles. The van der Waals surface area contributed by atoms with E-state index in [9.17, 15) is 0 Å². The van der Waals surface area contributed by atoms with Crippen LogP contribution in [-0.2, 0) is 6.42 Å². The number of rotatable bonds is 9. The van der Waals surface area contributed by atoms with Gasteiger partial charge in [0.05, 0.1) is 5.69 Å². The van der Waals surface area contributed by atoms with Gasteiger partial charge in [-0.25, -0.2) is 0 Å². The lowest BCUT2D eigenvalue weighted by Crippen LogP contribution is -2.10. The van der Waals surface area contributed by atoms with Crippen molar-refractivity contribution in [1.29, 1.82) is 0 Å². The summed E-state index contributed by atoms with van der Waals surface area (Å²) in [5.74, 6) is 0.893. The predicted octanol–water partition coefficient (Wildman–Crippen LogP) is 16.5. The zero-order valence-corrected chi connectivity index (χ0v) is 35.7. The van der Waals surface area contributed by atoms with Crippen LogP contribution in [0.1, 0.15) is 40.7 Å². The Hall–Kier alpha value is -7.68. The summed E-state index contributed by atoms with van der Waals surface area (Å²) in [7, 11) is 0. The number of hydrogen-bond acceptors (Lipinski definition) is 2. The second kappa shape index (κ2) is 17.7. The van der Waals surface area contributed by atoms with Crippen LogP contribution in [0.4, 0.5) is 17.1 Å². The van der Waals surface area contributed by atoms with Gasteiger partial charge >= 0.3 is 0 Å². The molecule has 9 aromatic rings. The third kappa shape index (κ3) is 8.37. The molecule has 2 heteroatoms. The molecule has 1 aliphatic heterocycles. The number of nitrogens with zero attached hydrogens (tertiary/aromatic N) is 1. The quantitative estimate of drug-likeness (QED) is 0.144. The predicted molar refractivity (Wildman–Crippen MR) is 267 cm³/mol. The number of hydrogen-bond donors (Lipinski definition) is 0. The SMILES string of the molecule is C=C1CC/C=C(/c2ccc(N(c3ccc(-c4ccc(Cc5cccc(-c6ccccc6)c5)c(-c5ccccc5C)c4)cc3)c3cccc4ccccc34)cc2)COc2ccccc21. The summed E-state index contributed by atoms with van der Waals surface area (Å²) in [6.07, 6.45) is 4.97. The van der Waals surface area contributed by atoms with Gasteiger partial charge in [-0.1, -0.05) is 183 Å². The summed E-state index contributed by atoms with van der Waals surface area (Å²) < 4.78 is 6.41. The van der Waals surface area contributed by atoms with E-state index >= 15 is 0 Å². The van der Waals surface area contributed by atoms with Gasteiger partial charge in [-0.15, -0.1) is 0 Å². The molecule has 0 fully saturated rings. The first kappa shape index (κ1) is 39.5. The molecule has 9 aromatic carbocycles. The molecule has 0 amide bonds. The Morgan fingerprint density at radius 3 is 1.94 bits per heavy atom. The van der Waals surface area contributed by atoms with Crippen molar-refractivity contribution in [3.63, 3.8) is 0 Å². The molecule has 63 heavy (non-hydrogen) atoms. The highest BCUT2D eigenvalue weighted by atomic mass is 16.5. The minimum absolute atomic E-state index is 0.506. The van der Waals surface area contributed by atoms with E-state index in [2.05, 4.69) is 225 Å². The minimum atomic E-state index is 0.506. The van der Waals surface area contributed by atoms with Crippen LogP contribution in [0, 0.1) is 6.92 Å². The molecule has 304 valence electrons. The molecular formula is C61H49NO. The maximum atomic E-state index is 6.41. The molecule has 0 saturated heterocycles. The van der Waals surface area contributed by atoms with Crippen LogP contribution in [0.15, 0.2) is 225 Å². The van der Waals surface area contributed by atoms with E-state index in [4.69, 9.17) is 4.74 Å². The third-order valence-corrected chi connectivity index (χ3v) is 12.4. The van der Waals surface area contributed by atoms with Crippen molar-refractivity contribution in [2.24, 2.45) is 0 Å². The van der Waals surface area contributed by atoms with Crippen molar-refractivity contribution in [1.82, 2.24) is 0 Å². The summed E-state index contributed by atoms with van der Waals surface area (Å²) >= 11 is 0. The second-order valence-electron chi connectivity index (χ2n) is 16.5. The first-order chi connectivity index (χ1) is 31.1. The number of aryl methyl sites for hydroxylation is 1. The minimum Gasteiger partial charge on any atom is -0.488 e. The molecule has 0 spiro atoms. The lowest BCUT2D eigenvalue weighted by Gasteiger charge is -2.27. The second-order valence-corrected chi connectivity index (χ2v) is 16.5. The summed E-state index contributed by atoms with van der Waals surface area (Å²) in [5.41, 5.74) is 19.1. The number of benzene rings is 9. The Labute approximate surface area is 371 Å². The summed E-state index contributed by atoms with van der Waals surface area (Å²) in [6, 6.07) is 76.9.